The lowest BCUT2D eigenvalue weighted by Gasteiger charge is -2.37. The molecule has 0 aromatic carbocycles. The number of carbonyl (C=O) groups excluding carboxylic acids is 1. The van der Waals surface area contributed by atoms with Crippen LogP contribution < -0.4 is 11.1 Å². The maximum absolute atomic E-state index is 12.1. The second-order valence-electron chi connectivity index (χ2n) is 8.10. The molecule has 3 nitrogen and oxygen atoms in total. The van der Waals surface area contributed by atoms with E-state index in [2.05, 4.69) is 26.1 Å². The van der Waals surface area contributed by atoms with Crippen LogP contribution in [0.5, 0.6) is 0 Å². The molecule has 0 radical (unpaired) electrons. The van der Waals surface area contributed by atoms with Crippen LogP contribution in [-0.2, 0) is 4.79 Å². The second kappa shape index (κ2) is 7.82. The Kier molecular flexibility index (Phi) is 6.99. The van der Waals surface area contributed by atoms with E-state index in [0.717, 1.165) is 31.7 Å². The van der Waals surface area contributed by atoms with Gasteiger partial charge in [0.1, 0.15) is 0 Å². The zero-order valence-corrected chi connectivity index (χ0v) is 14.7. The molecule has 0 saturated heterocycles. The number of carbonyl (C=O) groups is 1. The molecule has 2 aliphatic carbocycles. The van der Waals surface area contributed by atoms with Gasteiger partial charge < -0.3 is 11.1 Å². The van der Waals surface area contributed by atoms with Gasteiger partial charge in [-0.25, -0.2) is 0 Å². The molecular weight excluding hydrogens is 284 g/mol. The molecule has 3 N–H and O–H groups in total. The van der Waals surface area contributed by atoms with Gasteiger partial charge in [-0.1, -0.05) is 20.8 Å². The van der Waals surface area contributed by atoms with Gasteiger partial charge in [-0.3, -0.25) is 4.79 Å². The van der Waals surface area contributed by atoms with E-state index in [9.17, 15) is 4.79 Å². The first-order valence-corrected chi connectivity index (χ1v) is 8.39. The molecule has 0 aromatic rings. The van der Waals surface area contributed by atoms with Gasteiger partial charge in [-0.2, -0.15) is 0 Å². The number of hydrogen-bond donors (Lipinski definition) is 2. The third-order valence-corrected chi connectivity index (χ3v) is 5.48. The molecule has 2 saturated carbocycles. The van der Waals surface area contributed by atoms with Gasteiger partial charge in [-0.05, 0) is 62.2 Å². The number of hydrogen-bond acceptors (Lipinski definition) is 2. The Bertz CT molecular complexity index is 332. The van der Waals surface area contributed by atoms with E-state index in [0.29, 0.717) is 11.3 Å². The Hall–Kier alpha value is -0.280. The maximum Gasteiger partial charge on any atom is 0.223 e. The van der Waals surface area contributed by atoms with Gasteiger partial charge in [-0.15, -0.1) is 12.4 Å². The maximum atomic E-state index is 12.1. The van der Waals surface area contributed by atoms with E-state index in [1.54, 1.807) is 0 Å². The zero-order chi connectivity index (χ0) is 14.8. The van der Waals surface area contributed by atoms with E-state index < -0.39 is 0 Å². The molecule has 0 aliphatic heterocycles. The summed E-state index contributed by atoms with van der Waals surface area (Å²) in [5.74, 6) is 1.96. The molecular formula is C17H33ClN2O. The SMILES string of the molecule is CC(C)(C)C1CCC(CNC(=O)C2CCC(N)C2)CC1.Cl. The summed E-state index contributed by atoms with van der Waals surface area (Å²) in [5.41, 5.74) is 6.32. The molecule has 4 heteroatoms. The largest absolute Gasteiger partial charge is 0.356 e. The molecule has 0 aromatic heterocycles. The Morgan fingerprint density at radius 3 is 2.19 bits per heavy atom. The second-order valence-corrected chi connectivity index (χ2v) is 8.10. The first-order chi connectivity index (χ1) is 9.36. The summed E-state index contributed by atoms with van der Waals surface area (Å²) in [7, 11) is 0. The Balaban J connectivity index is 0.00000220. The standard InChI is InChI=1S/C17H32N2O.ClH/c1-17(2,3)14-7-4-12(5-8-14)11-19-16(20)13-6-9-15(18)10-13;/h12-15H,4-11,18H2,1-3H3,(H,19,20);1H. The fraction of sp³-hybridized carbons (Fsp3) is 0.941. The molecule has 2 aliphatic rings. The summed E-state index contributed by atoms with van der Waals surface area (Å²) < 4.78 is 0. The van der Waals surface area contributed by atoms with Crippen LogP contribution in [0, 0.1) is 23.2 Å². The van der Waals surface area contributed by atoms with Crippen molar-refractivity contribution in [3.05, 3.63) is 0 Å². The zero-order valence-electron chi connectivity index (χ0n) is 13.9. The number of rotatable bonds is 3. The smallest absolute Gasteiger partial charge is 0.223 e. The van der Waals surface area contributed by atoms with Crippen LogP contribution in [0.25, 0.3) is 0 Å². The fourth-order valence-corrected chi connectivity index (χ4v) is 3.88. The van der Waals surface area contributed by atoms with Crippen molar-refractivity contribution in [2.75, 3.05) is 6.54 Å². The van der Waals surface area contributed by atoms with Crippen LogP contribution in [0.4, 0.5) is 0 Å². The molecule has 0 bridgehead atoms. The highest BCUT2D eigenvalue weighted by molar-refractivity contribution is 5.85. The molecule has 1 amide bonds. The number of halogens is 1. The lowest BCUT2D eigenvalue weighted by atomic mass is 9.70. The van der Waals surface area contributed by atoms with Gasteiger partial charge in [0.05, 0.1) is 0 Å². The first-order valence-electron chi connectivity index (χ1n) is 8.39. The monoisotopic (exact) mass is 316 g/mol. The van der Waals surface area contributed by atoms with Crippen molar-refractivity contribution in [3.63, 3.8) is 0 Å². The summed E-state index contributed by atoms with van der Waals surface area (Å²) in [6.45, 7) is 7.93. The lowest BCUT2D eigenvalue weighted by molar-refractivity contribution is -0.125. The normalized spacial score (nSPS) is 33.3. The minimum absolute atomic E-state index is 0. The molecule has 2 unspecified atom stereocenters. The Morgan fingerprint density at radius 1 is 1.10 bits per heavy atom. The van der Waals surface area contributed by atoms with Gasteiger partial charge in [0.2, 0.25) is 5.91 Å². The first kappa shape index (κ1) is 18.8. The highest BCUT2D eigenvalue weighted by Crippen LogP contribution is 2.39. The summed E-state index contributed by atoms with van der Waals surface area (Å²) in [6.07, 6.45) is 8.04. The summed E-state index contributed by atoms with van der Waals surface area (Å²) >= 11 is 0. The van der Waals surface area contributed by atoms with Crippen LogP contribution in [0.1, 0.15) is 65.7 Å². The third-order valence-electron chi connectivity index (χ3n) is 5.48. The minimum atomic E-state index is 0. The van der Waals surface area contributed by atoms with Crippen LogP contribution >= 0.6 is 12.4 Å². The molecule has 0 heterocycles. The van der Waals surface area contributed by atoms with Crippen LogP contribution in [0.15, 0.2) is 0 Å². The topological polar surface area (TPSA) is 55.1 Å². The number of amides is 1. The minimum Gasteiger partial charge on any atom is -0.356 e. The average molecular weight is 317 g/mol. The Morgan fingerprint density at radius 2 is 1.71 bits per heavy atom. The van der Waals surface area contributed by atoms with E-state index in [-0.39, 0.29) is 30.3 Å². The van der Waals surface area contributed by atoms with Crippen molar-refractivity contribution in [3.8, 4) is 0 Å². The molecule has 124 valence electrons. The molecule has 2 atom stereocenters. The van der Waals surface area contributed by atoms with Gasteiger partial charge in [0.25, 0.3) is 0 Å². The highest BCUT2D eigenvalue weighted by Gasteiger charge is 2.31. The van der Waals surface area contributed by atoms with Gasteiger partial charge >= 0.3 is 0 Å². The van der Waals surface area contributed by atoms with E-state index in [1.165, 1.54) is 25.7 Å². The molecule has 2 rings (SSSR count). The van der Waals surface area contributed by atoms with Crippen LogP contribution in [0.3, 0.4) is 0 Å². The van der Waals surface area contributed by atoms with Crippen molar-refractivity contribution < 1.29 is 4.79 Å². The third kappa shape index (κ3) is 5.45. The van der Waals surface area contributed by atoms with Gasteiger partial charge in [0.15, 0.2) is 0 Å². The predicted molar refractivity (Wildman–Crippen MR) is 90.5 cm³/mol. The van der Waals surface area contributed by atoms with Crippen molar-refractivity contribution in [2.24, 2.45) is 28.9 Å². The molecule has 2 fully saturated rings. The van der Waals surface area contributed by atoms with Crippen LogP contribution in [-0.4, -0.2) is 18.5 Å². The summed E-state index contributed by atoms with van der Waals surface area (Å²) in [4.78, 5) is 12.1. The molecule has 21 heavy (non-hydrogen) atoms. The van der Waals surface area contributed by atoms with Gasteiger partial charge in [0, 0.05) is 18.5 Å². The Labute approximate surface area is 136 Å². The van der Waals surface area contributed by atoms with E-state index in [1.807, 2.05) is 0 Å². The van der Waals surface area contributed by atoms with E-state index in [4.69, 9.17) is 5.73 Å². The lowest BCUT2D eigenvalue weighted by Crippen LogP contribution is -2.36. The summed E-state index contributed by atoms with van der Waals surface area (Å²) in [5, 5.41) is 3.17. The predicted octanol–water partition coefficient (Wildman–Crippen LogP) is 3.50. The quantitative estimate of drug-likeness (QED) is 0.837. The van der Waals surface area contributed by atoms with E-state index >= 15 is 0 Å². The van der Waals surface area contributed by atoms with Crippen molar-refractivity contribution >= 4 is 18.3 Å². The van der Waals surface area contributed by atoms with Crippen LogP contribution in [0.2, 0.25) is 0 Å². The summed E-state index contributed by atoms with van der Waals surface area (Å²) in [6, 6.07) is 0.243. The number of nitrogens with two attached hydrogens (primary N) is 1. The number of nitrogens with one attached hydrogen (secondary N) is 1. The average Bonchev–Trinajstić information content (AvgIpc) is 2.82. The van der Waals surface area contributed by atoms with Crippen molar-refractivity contribution in [1.82, 2.24) is 5.32 Å². The van der Waals surface area contributed by atoms with Crippen molar-refractivity contribution in [1.29, 1.82) is 0 Å². The fourth-order valence-electron chi connectivity index (χ4n) is 3.88. The highest BCUT2D eigenvalue weighted by atomic mass is 35.5. The molecule has 0 spiro atoms. The van der Waals surface area contributed by atoms with Crippen molar-refractivity contribution in [2.45, 2.75) is 71.8 Å².